The molecular weight excluding hydrogens is 224 g/mol. The summed E-state index contributed by atoms with van der Waals surface area (Å²) in [6, 6.07) is 4.41. The molecule has 0 N–H and O–H groups in total. The molecule has 84 valence electrons. The lowest BCUT2D eigenvalue weighted by molar-refractivity contribution is 0.604. The second-order valence-corrected chi connectivity index (χ2v) is 6.12. The Kier molecular flexibility index (Phi) is 4.42. The molecule has 1 aromatic heterocycles. The van der Waals surface area contributed by atoms with Gasteiger partial charge in [-0.1, -0.05) is 33.3 Å². The lowest BCUT2D eigenvalue weighted by Crippen LogP contribution is -2.07. The van der Waals surface area contributed by atoms with E-state index in [0.29, 0.717) is 5.88 Å². The number of alkyl halides is 1. The molecule has 0 amide bonds. The molecular formula is C13H19ClS. The minimum atomic E-state index is 0.254. The Hall–Kier alpha value is -0.270. The maximum atomic E-state index is 5.85. The molecule has 0 unspecified atom stereocenters. The van der Waals surface area contributed by atoms with Crippen molar-refractivity contribution in [2.45, 2.75) is 39.5 Å². The van der Waals surface area contributed by atoms with E-state index in [2.05, 4.69) is 45.9 Å². The van der Waals surface area contributed by atoms with Crippen LogP contribution in [-0.4, -0.2) is 5.88 Å². The molecule has 0 saturated heterocycles. The molecule has 0 atom stereocenters. The fraction of sp³-hybridized carbons (Fsp3) is 0.538. The van der Waals surface area contributed by atoms with Crippen molar-refractivity contribution in [3.8, 4) is 0 Å². The summed E-state index contributed by atoms with van der Waals surface area (Å²) in [5.74, 6) is 0.638. The third-order valence-corrected chi connectivity index (χ3v) is 4.14. The number of allylic oxidation sites excluding steroid dienone is 1. The number of thiophene rings is 1. The van der Waals surface area contributed by atoms with Crippen LogP contribution in [0.5, 0.6) is 0 Å². The van der Waals surface area contributed by atoms with Gasteiger partial charge >= 0.3 is 0 Å². The van der Waals surface area contributed by atoms with Crippen molar-refractivity contribution in [2.24, 2.45) is 0 Å². The first-order valence-corrected chi connectivity index (χ1v) is 6.68. The van der Waals surface area contributed by atoms with Crippen LogP contribution in [0.3, 0.4) is 0 Å². The fourth-order valence-corrected chi connectivity index (χ4v) is 2.59. The van der Waals surface area contributed by atoms with Gasteiger partial charge in [-0.25, -0.2) is 0 Å². The monoisotopic (exact) mass is 242 g/mol. The van der Waals surface area contributed by atoms with Crippen LogP contribution in [0.2, 0.25) is 0 Å². The molecule has 0 nitrogen and oxygen atoms in total. The molecule has 15 heavy (non-hydrogen) atoms. The molecule has 0 aromatic carbocycles. The largest absolute Gasteiger partial charge is 0.140 e. The van der Waals surface area contributed by atoms with Gasteiger partial charge in [0.2, 0.25) is 0 Å². The molecule has 0 aliphatic rings. The molecule has 0 aliphatic heterocycles. The van der Waals surface area contributed by atoms with E-state index in [1.165, 1.54) is 15.3 Å². The van der Waals surface area contributed by atoms with Crippen LogP contribution >= 0.6 is 22.9 Å². The highest BCUT2D eigenvalue weighted by Crippen LogP contribution is 2.30. The van der Waals surface area contributed by atoms with Crippen molar-refractivity contribution in [1.29, 1.82) is 0 Å². The highest BCUT2D eigenvalue weighted by Gasteiger charge is 2.15. The van der Waals surface area contributed by atoms with Crippen molar-refractivity contribution in [1.82, 2.24) is 0 Å². The van der Waals surface area contributed by atoms with Gasteiger partial charge in [0.25, 0.3) is 0 Å². The molecule has 1 rings (SSSR count). The van der Waals surface area contributed by atoms with Gasteiger partial charge in [-0.15, -0.1) is 22.9 Å². The summed E-state index contributed by atoms with van der Waals surface area (Å²) in [5, 5.41) is 0. The first-order valence-electron chi connectivity index (χ1n) is 5.33. The molecule has 2 heteroatoms. The van der Waals surface area contributed by atoms with Gasteiger partial charge in [0.1, 0.15) is 0 Å². The van der Waals surface area contributed by atoms with Crippen molar-refractivity contribution < 1.29 is 0 Å². The lowest BCUT2D eigenvalue weighted by Gasteiger charge is -2.15. The first kappa shape index (κ1) is 12.8. The van der Waals surface area contributed by atoms with Crippen LogP contribution in [0.25, 0.3) is 6.08 Å². The summed E-state index contributed by atoms with van der Waals surface area (Å²) in [5.41, 5.74) is 1.56. The topological polar surface area (TPSA) is 0 Å². The molecule has 0 aliphatic carbocycles. The van der Waals surface area contributed by atoms with Crippen LogP contribution in [0, 0.1) is 0 Å². The van der Waals surface area contributed by atoms with Gasteiger partial charge in [-0.2, -0.15) is 0 Å². The Morgan fingerprint density at radius 2 is 2.07 bits per heavy atom. The summed E-state index contributed by atoms with van der Waals surface area (Å²) >= 11 is 7.71. The smallest absolute Gasteiger partial charge is 0.0437 e. The van der Waals surface area contributed by atoms with E-state index in [4.69, 9.17) is 11.6 Å². The average molecular weight is 243 g/mol. The van der Waals surface area contributed by atoms with E-state index in [0.717, 1.165) is 6.42 Å². The Bertz CT molecular complexity index is 336. The highest BCUT2D eigenvalue weighted by molar-refractivity contribution is 7.13. The van der Waals surface area contributed by atoms with Crippen molar-refractivity contribution in [3.05, 3.63) is 27.5 Å². The Labute approximate surface area is 102 Å². The second kappa shape index (κ2) is 5.18. The zero-order chi connectivity index (χ0) is 11.5. The lowest BCUT2D eigenvalue weighted by atomic mass is 9.95. The maximum Gasteiger partial charge on any atom is 0.0437 e. The standard InChI is InChI=1S/C13H19ClS/c1-5-10(9-14)8-11-6-7-12(15-11)13(2,3)4/h6-8H,5,9H2,1-4H3/b10-8-. The third kappa shape index (κ3) is 3.66. The zero-order valence-electron chi connectivity index (χ0n) is 9.93. The fourth-order valence-electron chi connectivity index (χ4n) is 1.27. The second-order valence-electron chi connectivity index (χ2n) is 4.74. The van der Waals surface area contributed by atoms with E-state index in [-0.39, 0.29) is 5.41 Å². The minimum absolute atomic E-state index is 0.254. The predicted molar refractivity (Wildman–Crippen MR) is 72.0 cm³/mol. The van der Waals surface area contributed by atoms with Gasteiger partial charge in [0.15, 0.2) is 0 Å². The number of halogens is 1. The Morgan fingerprint density at radius 1 is 1.40 bits per heavy atom. The molecule has 0 spiro atoms. The molecule has 0 fully saturated rings. The molecule has 0 bridgehead atoms. The molecule has 0 saturated carbocycles. The summed E-state index contributed by atoms with van der Waals surface area (Å²) in [6.07, 6.45) is 3.25. The predicted octanol–water partition coefficient (Wildman–Crippen LogP) is 5.08. The van der Waals surface area contributed by atoms with Crippen molar-refractivity contribution in [2.75, 3.05) is 5.88 Å². The van der Waals surface area contributed by atoms with Crippen LogP contribution in [0.15, 0.2) is 17.7 Å². The SMILES string of the molecule is CC/C(=C/c1ccc(C(C)(C)C)s1)CCl. The first-order chi connectivity index (χ1) is 6.97. The third-order valence-electron chi connectivity index (χ3n) is 2.34. The van der Waals surface area contributed by atoms with Gasteiger partial charge in [-0.3, -0.25) is 0 Å². The number of rotatable bonds is 3. The van der Waals surface area contributed by atoms with E-state index in [1.807, 2.05) is 11.3 Å². The van der Waals surface area contributed by atoms with Crippen LogP contribution in [-0.2, 0) is 5.41 Å². The van der Waals surface area contributed by atoms with E-state index in [1.54, 1.807) is 0 Å². The summed E-state index contributed by atoms with van der Waals surface area (Å²) in [4.78, 5) is 2.75. The number of hydrogen-bond acceptors (Lipinski definition) is 1. The van der Waals surface area contributed by atoms with Crippen LogP contribution in [0.4, 0.5) is 0 Å². The van der Waals surface area contributed by atoms with E-state index >= 15 is 0 Å². The zero-order valence-corrected chi connectivity index (χ0v) is 11.5. The summed E-state index contributed by atoms with van der Waals surface area (Å²) < 4.78 is 0. The summed E-state index contributed by atoms with van der Waals surface area (Å²) in [6.45, 7) is 8.88. The van der Waals surface area contributed by atoms with E-state index < -0.39 is 0 Å². The van der Waals surface area contributed by atoms with Crippen molar-refractivity contribution in [3.63, 3.8) is 0 Å². The summed E-state index contributed by atoms with van der Waals surface area (Å²) in [7, 11) is 0. The normalized spacial score (nSPS) is 13.3. The molecule has 0 radical (unpaired) electrons. The Balaban J connectivity index is 2.90. The van der Waals surface area contributed by atoms with Gasteiger partial charge in [-0.05, 0) is 30.0 Å². The van der Waals surface area contributed by atoms with Gasteiger partial charge in [0.05, 0.1) is 0 Å². The Morgan fingerprint density at radius 3 is 2.47 bits per heavy atom. The van der Waals surface area contributed by atoms with Crippen LogP contribution in [0.1, 0.15) is 43.9 Å². The number of hydrogen-bond donors (Lipinski definition) is 0. The van der Waals surface area contributed by atoms with Crippen molar-refractivity contribution >= 4 is 29.0 Å². The quantitative estimate of drug-likeness (QED) is 0.649. The van der Waals surface area contributed by atoms with Gasteiger partial charge < -0.3 is 0 Å². The minimum Gasteiger partial charge on any atom is -0.140 e. The molecule has 1 aromatic rings. The average Bonchev–Trinajstić information content (AvgIpc) is 2.61. The van der Waals surface area contributed by atoms with Gasteiger partial charge in [0, 0.05) is 15.6 Å². The maximum absolute atomic E-state index is 5.85. The van der Waals surface area contributed by atoms with E-state index in [9.17, 15) is 0 Å². The molecule has 1 heterocycles. The highest BCUT2D eigenvalue weighted by atomic mass is 35.5. The van der Waals surface area contributed by atoms with Crippen LogP contribution < -0.4 is 0 Å².